The molecule has 4 nitrogen and oxygen atoms in total. The Hall–Kier alpha value is -0.610. The van der Waals surface area contributed by atoms with Crippen molar-refractivity contribution >= 4 is 5.97 Å². The molecule has 0 saturated carbocycles. The van der Waals surface area contributed by atoms with Crippen LogP contribution in [0.3, 0.4) is 0 Å². The van der Waals surface area contributed by atoms with Gasteiger partial charge in [-0.1, -0.05) is 13.8 Å². The zero-order chi connectivity index (χ0) is 12.9. The number of likely N-dealkylation sites (N-methyl/N-ethyl adjacent to an activating group) is 1. The van der Waals surface area contributed by atoms with Crippen molar-refractivity contribution in [1.29, 1.82) is 0 Å². The highest BCUT2D eigenvalue weighted by Crippen LogP contribution is 2.11. The van der Waals surface area contributed by atoms with Gasteiger partial charge >= 0.3 is 5.97 Å². The van der Waals surface area contributed by atoms with Gasteiger partial charge in [0, 0.05) is 6.04 Å². The van der Waals surface area contributed by atoms with Crippen molar-refractivity contribution in [2.45, 2.75) is 46.3 Å². The summed E-state index contributed by atoms with van der Waals surface area (Å²) >= 11 is 0. The summed E-state index contributed by atoms with van der Waals surface area (Å²) < 4.78 is 5.22. The second-order valence-electron chi connectivity index (χ2n) is 5.50. The monoisotopic (exact) mass is 231 g/mol. The lowest BCUT2D eigenvalue weighted by Crippen LogP contribution is -2.43. The number of aliphatic hydroxyl groups excluding tert-OH is 1. The van der Waals surface area contributed by atoms with Gasteiger partial charge < -0.3 is 9.84 Å². The molecule has 0 aliphatic rings. The highest BCUT2D eigenvalue weighted by Gasteiger charge is 2.22. The average molecular weight is 231 g/mol. The molecule has 0 aliphatic carbocycles. The molecule has 0 spiro atoms. The van der Waals surface area contributed by atoms with Crippen LogP contribution >= 0.6 is 0 Å². The first-order valence-electron chi connectivity index (χ1n) is 5.70. The third-order valence-corrected chi connectivity index (χ3v) is 2.32. The summed E-state index contributed by atoms with van der Waals surface area (Å²) in [6.07, 6.45) is 0. The fourth-order valence-corrected chi connectivity index (χ4v) is 1.55. The van der Waals surface area contributed by atoms with Gasteiger partial charge in [-0.2, -0.15) is 0 Å². The van der Waals surface area contributed by atoms with E-state index in [1.54, 1.807) is 0 Å². The number of nitrogens with zero attached hydrogens (tertiary/aromatic N) is 1. The summed E-state index contributed by atoms with van der Waals surface area (Å²) in [5.74, 6) is 0.0477. The van der Waals surface area contributed by atoms with Crippen LogP contribution in [0.15, 0.2) is 0 Å². The highest BCUT2D eigenvalue weighted by atomic mass is 16.6. The Morgan fingerprint density at radius 1 is 1.38 bits per heavy atom. The van der Waals surface area contributed by atoms with Gasteiger partial charge in [0.05, 0.1) is 13.2 Å². The molecule has 0 amide bonds. The van der Waals surface area contributed by atoms with Gasteiger partial charge in [0.2, 0.25) is 0 Å². The van der Waals surface area contributed by atoms with Crippen LogP contribution in [0.5, 0.6) is 0 Å². The topological polar surface area (TPSA) is 49.8 Å². The van der Waals surface area contributed by atoms with Crippen LogP contribution in [0.4, 0.5) is 0 Å². The molecule has 0 bridgehead atoms. The Morgan fingerprint density at radius 2 is 1.88 bits per heavy atom. The minimum Gasteiger partial charge on any atom is -0.459 e. The number of ether oxygens (including phenoxy) is 1. The van der Waals surface area contributed by atoms with Gasteiger partial charge in [-0.05, 0) is 33.7 Å². The van der Waals surface area contributed by atoms with E-state index in [0.717, 1.165) is 0 Å². The van der Waals surface area contributed by atoms with Gasteiger partial charge in [0.15, 0.2) is 0 Å². The molecule has 0 aromatic heterocycles. The van der Waals surface area contributed by atoms with E-state index in [9.17, 15) is 9.90 Å². The largest absolute Gasteiger partial charge is 0.459 e. The molecule has 0 aromatic carbocycles. The maximum Gasteiger partial charge on any atom is 0.320 e. The van der Waals surface area contributed by atoms with Crippen molar-refractivity contribution in [3.63, 3.8) is 0 Å². The minimum absolute atomic E-state index is 0.00693. The van der Waals surface area contributed by atoms with E-state index in [1.807, 2.05) is 46.6 Å². The number of aliphatic hydroxyl groups is 1. The zero-order valence-electron chi connectivity index (χ0n) is 11.3. The SMILES string of the molecule is CC(C)[C@H](CO)N(C)CC(=O)OC(C)(C)C. The molecule has 0 aliphatic heterocycles. The highest BCUT2D eigenvalue weighted by molar-refractivity contribution is 5.72. The Labute approximate surface area is 98.6 Å². The molecule has 0 heterocycles. The van der Waals surface area contributed by atoms with Crippen molar-refractivity contribution < 1.29 is 14.6 Å². The van der Waals surface area contributed by atoms with Gasteiger partial charge in [0.25, 0.3) is 0 Å². The van der Waals surface area contributed by atoms with Gasteiger partial charge in [-0.25, -0.2) is 0 Å². The summed E-state index contributed by atoms with van der Waals surface area (Å²) in [6.45, 7) is 9.83. The van der Waals surface area contributed by atoms with E-state index in [2.05, 4.69) is 0 Å². The molecule has 4 heteroatoms. The lowest BCUT2D eigenvalue weighted by molar-refractivity contribution is -0.156. The van der Waals surface area contributed by atoms with Crippen LogP contribution in [-0.4, -0.2) is 47.8 Å². The van der Waals surface area contributed by atoms with Gasteiger partial charge in [-0.15, -0.1) is 0 Å². The fourth-order valence-electron chi connectivity index (χ4n) is 1.55. The second kappa shape index (κ2) is 6.21. The molecule has 1 N–H and O–H groups in total. The summed E-state index contributed by atoms with van der Waals surface area (Å²) in [6, 6.07) is -0.00693. The van der Waals surface area contributed by atoms with Crippen LogP contribution in [0.25, 0.3) is 0 Å². The second-order valence-corrected chi connectivity index (χ2v) is 5.50. The number of carbonyl (C=O) groups excluding carboxylic acids is 1. The van der Waals surface area contributed by atoms with E-state index in [1.165, 1.54) is 0 Å². The van der Waals surface area contributed by atoms with Gasteiger partial charge in [0.1, 0.15) is 5.60 Å². The number of esters is 1. The van der Waals surface area contributed by atoms with E-state index < -0.39 is 5.60 Å². The molecule has 0 fully saturated rings. The average Bonchev–Trinajstić information content (AvgIpc) is 1.99. The first kappa shape index (κ1) is 15.4. The number of rotatable bonds is 5. The van der Waals surface area contributed by atoms with Crippen LogP contribution in [0, 0.1) is 5.92 Å². The number of hydrogen-bond donors (Lipinski definition) is 1. The van der Waals surface area contributed by atoms with Crippen LogP contribution in [0.2, 0.25) is 0 Å². The third kappa shape index (κ3) is 6.08. The third-order valence-electron chi connectivity index (χ3n) is 2.32. The molecule has 0 radical (unpaired) electrons. The Bertz CT molecular complexity index is 221. The van der Waals surface area contributed by atoms with Crippen molar-refractivity contribution in [2.75, 3.05) is 20.2 Å². The molecule has 16 heavy (non-hydrogen) atoms. The predicted molar refractivity (Wildman–Crippen MR) is 64.2 cm³/mol. The van der Waals surface area contributed by atoms with E-state index in [4.69, 9.17) is 4.74 Å². The first-order valence-corrected chi connectivity index (χ1v) is 5.70. The summed E-state index contributed by atoms with van der Waals surface area (Å²) in [5.41, 5.74) is -0.454. The minimum atomic E-state index is -0.454. The van der Waals surface area contributed by atoms with Crippen molar-refractivity contribution in [3.05, 3.63) is 0 Å². The Morgan fingerprint density at radius 3 is 2.19 bits per heavy atom. The Balaban J connectivity index is 4.22. The predicted octanol–water partition coefficient (Wildman–Crippen LogP) is 1.28. The fraction of sp³-hybridized carbons (Fsp3) is 0.917. The standard InChI is InChI=1S/C12H25NO3/c1-9(2)10(8-14)13(6)7-11(15)16-12(3,4)5/h9-10,14H,7-8H2,1-6H3/t10-/m0/s1. The lowest BCUT2D eigenvalue weighted by atomic mass is 10.0. The molecule has 1 atom stereocenters. The maximum atomic E-state index is 11.6. The molecule has 0 rings (SSSR count). The van der Waals surface area contributed by atoms with Gasteiger partial charge in [-0.3, -0.25) is 9.69 Å². The maximum absolute atomic E-state index is 11.6. The number of carbonyl (C=O) groups is 1. The van der Waals surface area contributed by atoms with E-state index >= 15 is 0 Å². The van der Waals surface area contributed by atoms with E-state index in [0.29, 0.717) is 5.92 Å². The molecule has 96 valence electrons. The van der Waals surface area contributed by atoms with E-state index in [-0.39, 0.29) is 25.2 Å². The molecule has 0 unspecified atom stereocenters. The van der Waals surface area contributed by atoms with Crippen LogP contribution in [0.1, 0.15) is 34.6 Å². The summed E-state index contributed by atoms with van der Waals surface area (Å²) in [4.78, 5) is 13.4. The van der Waals surface area contributed by atoms with Crippen molar-refractivity contribution in [2.24, 2.45) is 5.92 Å². The number of hydrogen-bond acceptors (Lipinski definition) is 4. The Kier molecular flexibility index (Phi) is 5.97. The van der Waals surface area contributed by atoms with Crippen LogP contribution < -0.4 is 0 Å². The quantitative estimate of drug-likeness (QED) is 0.724. The smallest absolute Gasteiger partial charge is 0.320 e. The summed E-state index contributed by atoms with van der Waals surface area (Å²) in [7, 11) is 1.82. The molecular formula is C12H25NO3. The first-order chi connectivity index (χ1) is 7.17. The lowest BCUT2D eigenvalue weighted by Gasteiger charge is -2.29. The molecule has 0 saturated heterocycles. The summed E-state index contributed by atoms with van der Waals surface area (Å²) in [5, 5.41) is 9.22. The normalized spacial score (nSPS) is 14.3. The molecule has 0 aromatic rings. The molecular weight excluding hydrogens is 206 g/mol. The van der Waals surface area contributed by atoms with Crippen molar-refractivity contribution in [1.82, 2.24) is 4.90 Å². The zero-order valence-corrected chi connectivity index (χ0v) is 11.3. The van der Waals surface area contributed by atoms with Crippen molar-refractivity contribution in [3.8, 4) is 0 Å². The van der Waals surface area contributed by atoms with Crippen LogP contribution in [-0.2, 0) is 9.53 Å².